The maximum Gasteiger partial charge on any atom is 0.126 e. The first-order valence-electron chi connectivity index (χ1n) is 9.81. The molecular weight excluding hydrogens is 374 g/mol. The Morgan fingerprint density at radius 1 is 1.17 bits per heavy atom. The first-order valence-corrected chi connectivity index (χ1v) is 9.81. The van der Waals surface area contributed by atoms with Crippen molar-refractivity contribution in [2.45, 2.75) is 18.0 Å². The van der Waals surface area contributed by atoms with E-state index in [1.807, 2.05) is 65.6 Å². The molecule has 1 fully saturated rings. The molecule has 5 heteroatoms. The second-order valence-corrected chi connectivity index (χ2v) is 7.27. The van der Waals surface area contributed by atoms with Crippen molar-refractivity contribution >= 4 is 5.70 Å². The van der Waals surface area contributed by atoms with Gasteiger partial charge in [-0.1, -0.05) is 49.0 Å². The molecule has 1 aliphatic rings. The summed E-state index contributed by atoms with van der Waals surface area (Å²) in [5, 5.41) is 19.9. The summed E-state index contributed by atoms with van der Waals surface area (Å²) in [4.78, 5) is 6.03. The Morgan fingerprint density at radius 3 is 2.57 bits per heavy atom. The molecule has 1 saturated heterocycles. The third-order valence-electron chi connectivity index (χ3n) is 5.75. The molecule has 0 aliphatic carbocycles. The fourth-order valence-electron chi connectivity index (χ4n) is 4.23. The summed E-state index contributed by atoms with van der Waals surface area (Å²) in [6.07, 6.45) is 3.42. The molecule has 2 heterocycles. The predicted octanol–water partition coefficient (Wildman–Crippen LogP) is 4.08. The summed E-state index contributed by atoms with van der Waals surface area (Å²) in [5.74, 6) is 0.719. The average Bonchev–Trinajstić information content (AvgIpc) is 2.80. The van der Waals surface area contributed by atoms with Gasteiger partial charge in [0.1, 0.15) is 11.8 Å². The molecule has 150 valence electrons. The van der Waals surface area contributed by atoms with Crippen LogP contribution in [0.1, 0.15) is 17.0 Å². The number of benzene rings is 2. The molecule has 0 saturated carbocycles. The van der Waals surface area contributed by atoms with Gasteiger partial charge in [0, 0.05) is 35.1 Å². The van der Waals surface area contributed by atoms with E-state index in [0.29, 0.717) is 5.70 Å². The molecule has 5 nitrogen and oxygen atoms in total. The topological polar surface area (TPSA) is 69.4 Å². The lowest BCUT2D eigenvalue weighted by Gasteiger charge is -2.53. The van der Waals surface area contributed by atoms with Crippen molar-refractivity contribution in [2.24, 2.45) is 0 Å². The van der Waals surface area contributed by atoms with Crippen molar-refractivity contribution in [3.8, 4) is 22.9 Å². The second-order valence-electron chi connectivity index (χ2n) is 7.27. The van der Waals surface area contributed by atoms with Crippen molar-refractivity contribution in [3.05, 3.63) is 90.8 Å². The maximum atomic E-state index is 10.1. The van der Waals surface area contributed by atoms with Crippen molar-refractivity contribution in [2.75, 3.05) is 13.7 Å². The molecule has 4 rings (SSSR count). The van der Waals surface area contributed by atoms with Crippen LogP contribution in [0.25, 0.3) is 16.8 Å². The largest absolute Gasteiger partial charge is 0.496 e. The molecule has 3 aromatic rings. The fraction of sp³-hybridized carbons (Fsp3) is 0.200. The van der Waals surface area contributed by atoms with Crippen molar-refractivity contribution in [1.82, 2.24) is 9.88 Å². The van der Waals surface area contributed by atoms with E-state index in [4.69, 9.17) is 4.74 Å². The lowest BCUT2D eigenvalue weighted by atomic mass is 9.75. The number of aliphatic hydroxyl groups is 1. The standard InChI is InChI=1S/C25H23N3O2/c1-17(20-6-5-13-27-15-20)28-22(14-26)25(23(28)16-29)19-11-9-18(10-12-19)21-7-3-4-8-24(21)30-2/h3-13,15,22-23,25,29H,1,16H2,2H3/t22-,23-,25-/m1/s1. The highest BCUT2D eigenvalue weighted by Crippen LogP contribution is 2.45. The maximum absolute atomic E-state index is 10.1. The zero-order chi connectivity index (χ0) is 21.1. The van der Waals surface area contributed by atoms with Gasteiger partial charge in [-0.05, 0) is 29.3 Å². The number of hydrogen-bond acceptors (Lipinski definition) is 5. The molecule has 0 unspecified atom stereocenters. The van der Waals surface area contributed by atoms with E-state index in [9.17, 15) is 10.4 Å². The predicted molar refractivity (Wildman–Crippen MR) is 117 cm³/mol. The summed E-state index contributed by atoms with van der Waals surface area (Å²) < 4.78 is 5.46. The number of likely N-dealkylation sites (tertiary alicyclic amines) is 1. The Labute approximate surface area is 176 Å². The van der Waals surface area contributed by atoms with E-state index < -0.39 is 6.04 Å². The summed E-state index contributed by atoms with van der Waals surface area (Å²) in [6, 6.07) is 21.5. The van der Waals surface area contributed by atoms with Gasteiger partial charge in [0.05, 0.1) is 25.8 Å². The molecule has 0 radical (unpaired) electrons. The minimum atomic E-state index is -0.396. The first kappa shape index (κ1) is 19.7. The highest BCUT2D eigenvalue weighted by atomic mass is 16.5. The average molecular weight is 397 g/mol. The molecular formula is C25H23N3O2. The summed E-state index contributed by atoms with van der Waals surface area (Å²) >= 11 is 0. The van der Waals surface area contributed by atoms with E-state index in [1.54, 1.807) is 19.5 Å². The van der Waals surface area contributed by atoms with E-state index in [2.05, 4.69) is 17.6 Å². The van der Waals surface area contributed by atoms with Crippen molar-refractivity contribution in [3.63, 3.8) is 0 Å². The number of pyridine rings is 1. The molecule has 3 atom stereocenters. The van der Waals surface area contributed by atoms with Crippen molar-refractivity contribution in [1.29, 1.82) is 5.26 Å². The van der Waals surface area contributed by atoms with Crippen LogP contribution < -0.4 is 4.74 Å². The molecule has 1 aliphatic heterocycles. The van der Waals surface area contributed by atoms with E-state index in [-0.39, 0.29) is 18.6 Å². The van der Waals surface area contributed by atoms with Crippen LogP contribution in [0.2, 0.25) is 0 Å². The number of ether oxygens (including phenoxy) is 1. The molecule has 0 bridgehead atoms. The Balaban J connectivity index is 1.61. The van der Waals surface area contributed by atoms with Gasteiger partial charge in [0.2, 0.25) is 0 Å². The zero-order valence-electron chi connectivity index (χ0n) is 16.8. The Bertz CT molecular complexity index is 1070. The zero-order valence-corrected chi connectivity index (χ0v) is 16.8. The van der Waals surface area contributed by atoms with Gasteiger partial charge >= 0.3 is 0 Å². The van der Waals surface area contributed by atoms with Crippen LogP contribution in [0.4, 0.5) is 0 Å². The monoisotopic (exact) mass is 397 g/mol. The summed E-state index contributed by atoms with van der Waals surface area (Å²) in [7, 11) is 1.66. The van der Waals surface area contributed by atoms with Crippen molar-refractivity contribution < 1.29 is 9.84 Å². The molecule has 30 heavy (non-hydrogen) atoms. The number of nitrogens with zero attached hydrogens (tertiary/aromatic N) is 3. The number of rotatable bonds is 6. The number of para-hydroxylation sites is 1. The van der Waals surface area contributed by atoms with Crippen LogP contribution in [-0.4, -0.2) is 40.8 Å². The third kappa shape index (κ3) is 3.32. The van der Waals surface area contributed by atoms with Gasteiger partial charge in [0.15, 0.2) is 0 Å². The molecule has 1 N–H and O–H groups in total. The van der Waals surface area contributed by atoms with Crippen LogP contribution >= 0.6 is 0 Å². The van der Waals surface area contributed by atoms with E-state index in [1.165, 1.54) is 0 Å². The minimum Gasteiger partial charge on any atom is -0.496 e. The smallest absolute Gasteiger partial charge is 0.126 e. The van der Waals surface area contributed by atoms with Crippen LogP contribution in [0.5, 0.6) is 5.75 Å². The number of aliphatic hydroxyl groups excluding tert-OH is 1. The minimum absolute atomic E-state index is 0.0591. The second kappa shape index (κ2) is 8.40. The normalized spacial score (nSPS) is 20.2. The van der Waals surface area contributed by atoms with Gasteiger partial charge < -0.3 is 14.7 Å². The summed E-state index contributed by atoms with van der Waals surface area (Å²) in [6.45, 7) is 4.09. The number of nitriles is 1. The van der Waals surface area contributed by atoms with E-state index >= 15 is 0 Å². The van der Waals surface area contributed by atoms with Crippen LogP contribution in [0, 0.1) is 11.3 Å². The van der Waals surface area contributed by atoms with Gasteiger partial charge in [0.25, 0.3) is 0 Å². The van der Waals surface area contributed by atoms with Crippen LogP contribution in [0.3, 0.4) is 0 Å². The van der Waals surface area contributed by atoms with Crippen LogP contribution in [-0.2, 0) is 0 Å². The van der Waals surface area contributed by atoms with Gasteiger partial charge in [-0.25, -0.2) is 0 Å². The molecule has 1 aromatic heterocycles. The highest BCUT2D eigenvalue weighted by Gasteiger charge is 2.49. The lowest BCUT2D eigenvalue weighted by Crippen LogP contribution is -2.61. The van der Waals surface area contributed by atoms with E-state index in [0.717, 1.165) is 28.0 Å². The van der Waals surface area contributed by atoms with Gasteiger partial charge in [-0.2, -0.15) is 5.26 Å². The number of methoxy groups -OCH3 is 1. The Hall–Kier alpha value is -3.62. The molecule has 0 amide bonds. The SMILES string of the molecule is C=C(c1cccnc1)N1[C@H](C#N)[C@@H](c2ccc(-c3ccccc3OC)cc2)[C@H]1CO. The number of aromatic nitrogens is 1. The highest BCUT2D eigenvalue weighted by molar-refractivity contribution is 5.71. The van der Waals surface area contributed by atoms with Crippen LogP contribution in [0.15, 0.2) is 79.6 Å². The molecule has 0 spiro atoms. The van der Waals surface area contributed by atoms with Gasteiger partial charge in [-0.15, -0.1) is 0 Å². The third-order valence-corrected chi connectivity index (χ3v) is 5.75. The lowest BCUT2D eigenvalue weighted by molar-refractivity contribution is 0.0347. The Morgan fingerprint density at radius 2 is 1.93 bits per heavy atom. The Kier molecular flexibility index (Phi) is 5.51. The number of hydrogen-bond donors (Lipinski definition) is 1. The fourth-order valence-corrected chi connectivity index (χ4v) is 4.23. The summed E-state index contributed by atoms with van der Waals surface area (Å²) in [5.41, 5.74) is 4.63. The molecule has 2 aromatic carbocycles. The quantitative estimate of drug-likeness (QED) is 0.679. The first-order chi connectivity index (χ1) is 14.7. The van der Waals surface area contributed by atoms with Gasteiger partial charge in [-0.3, -0.25) is 4.98 Å².